The molecule has 0 radical (unpaired) electrons. The van der Waals surface area contributed by atoms with Crippen LogP contribution >= 0.6 is 22.9 Å². The largest absolute Gasteiger partial charge is 0.433 e. The van der Waals surface area contributed by atoms with E-state index in [1.807, 2.05) is 0 Å². The van der Waals surface area contributed by atoms with Crippen LogP contribution in [0.5, 0.6) is 0 Å². The van der Waals surface area contributed by atoms with Crippen LogP contribution in [0.3, 0.4) is 0 Å². The van der Waals surface area contributed by atoms with Gasteiger partial charge in [-0.05, 0) is 12.1 Å². The van der Waals surface area contributed by atoms with Crippen LogP contribution in [0.15, 0.2) is 41.9 Å². The summed E-state index contributed by atoms with van der Waals surface area (Å²) in [5, 5.41) is 5.98. The monoisotopic (exact) mass is 329 g/mol. The summed E-state index contributed by atoms with van der Waals surface area (Å²) < 4.78 is 39.4. The molecule has 3 aromatic rings. The van der Waals surface area contributed by atoms with E-state index in [4.69, 9.17) is 11.6 Å². The first kappa shape index (κ1) is 14.1. The van der Waals surface area contributed by atoms with Crippen molar-refractivity contribution in [2.24, 2.45) is 0 Å². The molecule has 0 aliphatic heterocycles. The first-order chi connectivity index (χ1) is 9.97. The molecule has 8 heteroatoms. The average molecular weight is 330 g/mol. The van der Waals surface area contributed by atoms with E-state index in [0.717, 1.165) is 28.3 Å². The van der Waals surface area contributed by atoms with Gasteiger partial charge in [-0.1, -0.05) is 29.8 Å². The third-order valence-corrected chi connectivity index (χ3v) is 3.90. The van der Waals surface area contributed by atoms with E-state index in [9.17, 15) is 13.2 Å². The molecule has 0 saturated heterocycles. The summed E-state index contributed by atoms with van der Waals surface area (Å²) in [6.07, 6.45) is -3.38. The third-order valence-electron chi connectivity index (χ3n) is 2.76. The van der Waals surface area contributed by atoms with E-state index in [-0.39, 0.29) is 5.13 Å². The average Bonchev–Trinajstić information content (AvgIpc) is 3.07. The number of aromatic nitrogens is 3. The van der Waals surface area contributed by atoms with Gasteiger partial charge in [-0.3, -0.25) is 0 Å². The summed E-state index contributed by atoms with van der Waals surface area (Å²) in [5.41, 5.74) is 0.328. The molecule has 21 heavy (non-hydrogen) atoms. The minimum absolute atomic E-state index is 0.141. The van der Waals surface area contributed by atoms with Crippen molar-refractivity contribution in [1.29, 1.82) is 0 Å². The first-order valence-electron chi connectivity index (χ1n) is 5.79. The van der Waals surface area contributed by atoms with Crippen LogP contribution in [0.2, 0.25) is 5.02 Å². The molecule has 2 heterocycles. The van der Waals surface area contributed by atoms with Crippen LogP contribution in [0, 0.1) is 0 Å². The Morgan fingerprint density at radius 3 is 2.62 bits per heavy atom. The van der Waals surface area contributed by atoms with Gasteiger partial charge in [0.05, 0.1) is 11.9 Å². The van der Waals surface area contributed by atoms with Crippen molar-refractivity contribution in [2.45, 2.75) is 6.18 Å². The highest BCUT2D eigenvalue weighted by Gasteiger charge is 2.35. The van der Waals surface area contributed by atoms with E-state index < -0.39 is 11.9 Å². The minimum Gasteiger partial charge on any atom is -0.218 e. The van der Waals surface area contributed by atoms with Gasteiger partial charge in [0.1, 0.15) is 0 Å². The van der Waals surface area contributed by atoms with Crippen molar-refractivity contribution >= 4 is 22.9 Å². The fourth-order valence-electron chi connectivity index (χ4n) is 1.82. The summed E-state index contributed by atoms with van der Waals surface area (Å²) in [5.74, 6) is 0. The number of alkyl halides is 3. The van der Waals surface area contributed by atoms with Gasteiger partial charge in [0.25, 0.3) is 0 Å². The number of rotatable bonds is 2. The summed E-state index contributed by atoms with van der Waals surface area (Å²) in [6.45, 7) is 0. The number of benzene rings is 1. The summed E-state index contributed by atoms with van der Waals surface area (Å²) >= 11 is 7.13. The molecule has 1 aromatic carbocycles. The van der Waals surface area contributed by atoms with Gasteiger partial charge in [0.2, 0.25) is 5.13 Å². The van der Waals surface area contributed by atoms with Crippen molar-refractivity contribution in [3.05, 3.63) is 52.6 Å². The van der Waals surface area contributed by atoms with Crippen LogP contribution < -0.4 is 0 Å². The maximum absolute atomic E-state index is 12.9. The van der Waals surface area contributed by atoms with E-state index in [1.165, 1.54) is 0 Å². The van der Waals surface area contributed by atoms with Crippen LogP contribution in [-0.4, -0.2) is 14.8 Å². The quantitative estimate of drug-likeness (QED) is 0.684. The standard InChI is InChI=1S/C13H7ClF3N3S/c14-9-4-2-1-3-8(9)10-7-21-12(19-10)20-11(5-6-18-20)13(15,16)17/h1-7H. The van der Waals surface area contributed by atoms with Gasteiger partial charge in [-0.25, -0.2) is 9.67 Å². The number of nitrogens with zero attached hydrogens (tertiary/aromatic N) is 3. The maximum atomic E-state index is 12.9. The lowest BCUT2D eigenvalue weighted by Gasteiger charge is -2.07. The molecule has 0 spiro atoms. The van der Waals surface area contributed by atoms with E-state index in [1.54, 1.807) is 29.6 Å². The smallest absolute Gasteiger partial charge is 0.218 e. The second-order valence-corrected chi connectivity index (χ2v) is 5.36. The Bertz CT molecular complexity index is 779. The van der Waals surface area contributed by atoms with E-state index in [2.05, 4.69) is 10.1 Å². The Labute approximate surface area is 126 Å². The van der Waals surface area contributed by atoms with Crippen LogP contribution in [0.25, 0.3) is 16.4 Å². The van der Waals surface area contributed by atoms with E-state index in [0.29, 0.717) is 16.3 Å². The van der Waals surface area contributed by atoms with Crippen molar-refractivity contribution in [2.75, 3.05) is 0 Å². The van der Waals surface area contributed by atoms with Gasteiger partial charge in [0, 0.05) is 16.0 Å². The predicted octanol–water partition coefficient (Wildman–Crippen LogP) is 4.67. The van der Waals surface area contributed by atoms with Crippen LogP contribution in [0.1, 0.15) is 5.69 Å². The molecule has 2 aromatic heterocycles. The second-order valence-electron chi connectivity index (χ2n) is 4.12. The molecule has 0 unspecified atom stereocenters. The molecule has 0 amide bonds. The van der Waals surface area contributed by atoms with Gasteiger partial charge >= 0.3 is 6.18 Å². The molecule has 0 N–H and O–H groups in total. The third kappa shape index (κ3) is 2.66. The summed E-state index contributed by atoms with van der Waals surface area (Å²) in [7, 11) is 0. The summed E-state index contributed by atoms with van der Waals surface area (Å²) in [4.78, 5) is 4.19. The van der Waals surface area contributed by atoms with E-state index >= 15 is 0 Å². The molecule has 0 atom stereocenters. The van der Waals surface area contributed by atoms with Crippen LogP contribution in [-0.2, 0) is 6.18 Å². The topological polar surface area (TPSA) is 30.7 Å². The molecular weight excluding hydrogens is 323 g/mol. The molecular formula is C13H7ClF3N3S. The minimum atomic E-state index is -4.48. The Balaban J connectivity index is 2.04. The fraction of sp³-hybridized carbons (Fsp3) is 0.0769. The Morgan fingerprint density at radius 2 is 1.90 bits per heavy atom. The van der Waals surface area contributed by atoms with Gasteiger partial charge < -0.3 is 0 Å². The maximum Gasteiger partial charge on any atom is 0.433 e. The molecule has 108 valence electrons. The lowest BCUT2D eigenvalue weighted by molar-refractivity contribution is -0.142. The molecule has 0 saturated carbocycles. The zero-order valence-corrected chi connectivity index (χ0v) is 11.9. The van der Waals surface area contributed by atoms with Crippen molar-refractivity contribution in [3.8, 4) is 16.4 Å². The molecule has 3 rings (SSSR count). The zero-order chi connectivity index (χ0) is 15.0. The first-order valence-corrected chi connectivity index (χ1v) is 7.04. The van der Waals surface area contributed by atoms with Crippen molar-refractivity contribution in [1.82, 2.24) is 14.8 Å². The van der Waals surface area contributed by atoms with Gasteiger partial charge in [-0.2, -0.15) is 18.3 Å². The SMILES string of the molecule is FC(F)(F)c1ccnn1-c1nc(-c2ccccc2Cl)cs1. The van der Waals surface area contributed by atoms with Gasteiger partial charge in [0.15, 0.2) is 5.69 Å². The normalized spacial score (nSPS) is 11.8. The number of hydrogen-bond acceptors (Lipinski definition) is 3. The lowest BCUT2D eigenvalue weighted by Crippen LogP contribution is -2.13. The molecule has 0 fully saturated rings. The van der Waals surface area contributed by atoms with Crippen LogP contribution in [0.4, 0.5) is 13.2 Å². The molecule has 0 aliphatic rings. The highest BCUT2D eigenvalue weighted by molar-refractivity contribution is 7.12. The number of thiazole rings is 1. The van der Waals surface area contributed by atoms with Gasteiger partial charge in [-0.15, -0.1) is 11.3 Å². The number of halogens is 4. The van der Waals surface area contributed by atoms with Crippen molar-refractivity contribution < 1.29 is 13.2 Å². The molecule has 0 aliphatic carbocycles. The summed E-state index contributed by atoms with van der Waals surface area (Å²) in [6, 6.07) is 7.93. The fourth-order valence-corrected chi connectivity index (χ4v) is 2.85. The van der Waals surface area contributed by atoms with Crippen molar-refractivity contribution in [3.63, 3.8) is 0 Å². The Kier molecular flexibility index (Phi) is 3.46. The molecule has 3 nitrogen and oxygen atoms in total. The zero-order valence-electron chi connectivity index (χ0n) is 10.3. The predicted molar refractivity (Wildman–Crippen MR) is 74.7 cm³/mol. The number of hydrogen-bond donors (Lipinski definition) is 0. The Hall–Kier alpha value is -1.86. The highest BCUT2D eigenvalue weighted by Crippen LogP contribution is 2.33. The molecule has 0 bridgehead atoms. The lowest BCUT2D eigenvalue weighted by atomic mass is 10.2. The highest BCUT2D eigenvalue weighted by atomic mass is 35.5. The second kappa shape index (κ2) is 5.16. The Morgan fingerprint density at radius 1 is 1.14 bits per heavy atom.